The Bertz CT molecular complexity index is 362. The number of amides is 1. The highest BCUT2D eigenvalue weighted by molar-refractivity contribution is 5.76. The highest BCUT2D eigenvalue weighted by atomic mass is 16.2. The third-order valence-corrected chi connectivity index (χ3v) is 3.26. The molecule has 1 aromatic heterocycles. The van der Waals surface area contributed by atoms with Gasteiger partial charge in [0.2, 0.25) is 5.91 Å². The molecular weight excluding hydrogens is 204 g/mol. The molecule has 5 nitrogen and oxygen atoms in total. The van der Waals surface area contributed by atoms with Crippen molar-refractivity contribution < 1.29 is 4.79 Å². The van der Waals surface area contributed by atoms with Crippen molar-refractivity contribution >= 4 is 5.91 Å². The normalized spacial score (nSPS) is 25.0. The van der Waals surface area contributed by atoms with Crippen LogP contribution >= 0.6 is 0 Å². The van der Waals surface area contributed by atoms with Gasteiger partial charge in [0.15, 0.2) is 0 Å². The molecule has 16 heavy (non-hydrogen) atoms. The summed E-state index contributed by atoms with van der Waals surface area (Å²) >= 11 is 0. The number of likely N-dealkylation sites (tertiary alicyclic amines) is 1. The van der Waals surface area contributed by atoms with E-state index in [4.69, 9.17) is 5.73 Å². The first kappa shape index (κ1) is 11.1. The van der Waals surface area contributed by atoms with Crippen LogP contribution in [0, 0.1) is 5.41 Å². The summed E-state index contributed by atoms with van der Waals surface area (Å²) in [5.41, 5.74) is 5.81. The van der Waals surface area contributed by atoms with Crippen LogP contribution in [0.1, 0.15) is 13.3 Å². The average molecular weight is 222 g/mol. The van der Waals surface area contributed by atoms with E-state index in [1.807, 2.05) is 11.0 Å². The Morgan fingerprint density at radius 2 is 2.44 bits per heavy atom. The predicted molar refractivity (Wildman–Crippen MR) is 60.6 cm³/mol. The third kappa shape index (κ3) is 2.24. The molecular formula is C11H18N4O. The van der Waals surface area contributed by atoms with Crippen molar-refractivity contribution in [3.8, 4) is 0 Å². The standard InChI is InChI=1S/C11H18N4O/c1-11(8-12)3-6-14(9-11)10(16)7-15-5-2-4-13-15/h2,4-5H,3,6-9,12H2,1H3. The van der Waals surface area contributed by atoms with Crippen molar-refractivity contribution in [3.05, 3.63) is 18.5 Å². The van der Waals surface area contributed by atoms with Gasteiger partial charge in [-0.3, -0.25) is 9.48 Å². The van der Waals surface area contributed by atoms with E-state index in [1.54, 1.807) is 17.1 Å². The summed E-state index contributed by atoms with van der Waals surface area (Å²) in [6, 6.07) is 1.82. The Labute approximate surface area is 95.2 Å². The molecule has 1 atom stereocenters. The maximum Gasteiger partial charge on any atom is 0.244 e. The van der Waals surface area contributed by atoms with Crippen LogP contribution in [0.3, 0.4) is 0 Å². The number of carbonyl (C=O) groups is 1. The second-order valence-electron chi connectivity index (χ2n) is 4.78. The molecule has 0 radical (unpaired) electrons. The van der Waals surface area contributed by atoms with Crippen LogP contribution in [0.25, 0.3) is 0 Å². The van der Waals surface area contributed by atoms with Gasteiger partial charge in [0, 0.05) is 25.5 Å². The summed E-state index contributed by atoms with van der Waals surface area (Å²) in [4.78, 5) is 13.8. The summed E-state index contributed by atoms with van der Waals surface area (Å²) in [6.07, 6.45) is 4.48. The third-order valence-electron chi connectivity index (χ3n) is 3.26. The number of aromatic nitrogens is 2. The van der Waals surface area contributed by atoms with Crippen LogP contribution in [0.5, 0.6) is 0 Å². The number of hydrogen-bond donors (Lipinski definition) is 1. The summed E-state index contributed by atoms with van der Waals surface area (Å²) in [5, 5.41) is 4.03. The fourth-order valence-corrected chi connectivity index (χ4v) is 2.04. The monoisotopic (exact) mass is 222 g/mol. The fourth-order valence-electron chi connectivity index (χ4n) is 2.04. The SMILES string of the molecule is CC1(CN)CCN(C(=O)Cn2cccn2)C1. The van der Waals surface area contributed by atoms with Gasteiger partial charge in [-0.15, -0.1) is 0 Å². The zero-order valence-corrected chi connectivity index (χ0v) is 9.59. The van der Waals surface area contributed by atoms with E-state index in [2.05, 4.69) is 12.0 Å². The summed E-state index contributed by atoms with van der Waals surface area (Å²) in [7, 11) is 0. The second-order valence-corrected chi connectivity index (χ2v) is 4.78. The Morgan fingerprint density at radius 1 is 1.62 bits per heavy atom. The molecule has 88 valence electrons. The summed E-state index contributed by atoms with van der Waals surface area (Å²) < 4.78 is 1.65. The topological polar surface area (TPSA) is 64.2 Å². The van der Waals surface area contributed by atoms with Crippen molar-refractivity contribution in [3.63, 3.8) is 0 Å². The van der Waals surface area contributed by atoms with Gasteiger partial charge in [-0.2, -0.15) is 5.10 Å². The van der Waals surface area contributed by atoms with Crippen LogP contribution < -0.4 is 5.73 Å². The number of nitrogens with zero attached hydrogens (tertiary/aromatic N) is 3. The first-order chi connectivity index (χ1) is 7.63. The Kier molecular flexibility index (Phi) is 2.96. The minimum absolute atomic E-state index is 0.0970. The molecule has 2 heterocycles. The molecule has 2 rings (SSSR count). The first-order valence-corrected chi connectivity index (χ1v) is 5.58. The lowest BCUT2D eigenvalue weighted by Crippen LogP contribution is -2.36. The zero-order valence-electron chi connectivity index (χ0n) is 9.59. The van der Waals surface area contributed by atoms with Crippen LogP contribution in [0.4, 0.5) is 0 Å². The maximum absolute atomic E-state index is 11.9. The average Bonchev–Trinajstić information content (AvgIpc) is 2.88. The minimum atomic E-state index is 0.0970. The first-order valence-electron chi connectivity index (χ1n) is 5.58. The predicted octanol–water partition coefficient (Wildman–Crippen LogP) is 0.0804. The van der Waals surface area contributed by atoms with E-state index in [0.717, 1.165) is 19.5 Å². The molecule has 2 N–H and O–H groups in total. The van der Waals surface area contributed by atoms with Crippen molar-refractivity contribution in [2.75, 3.05) is 19.6 Å². The quantitative estimate of drug-likeness (QED) is 0.787. The molecule has 1 aliphatic heterocycles. The van der Waals surface area contributed by atoms with Crippen LogP contribution in [0.15, 0.2) is 18.5 Å². The van der Waals surface area contributed by atoms with Gasteiger partial charge in [-0.25, -0.2) is 0 Å². The van der Waals surface area contributed by atoms with Crippen LogP contribution in [0.2, 0.25) is 0 Å². The lowest BCUT2D eigenvalue weighted by Gasteiger charge is -2.22. The van der Waals surface area contributed by atoms with Gasteiger partial charge in [-0.1, -0.05) is 6.92 Å². The molecule has 0 saturated carbocycles. The molecule has 1 aliphatic rings. The van der Waals surface area contributed by atoms with Crippen molar-refractivity contribution in [2.24, 2.45) is 11.1 Å². The lowest BCUT2D eigenvalue weighted by atomic mass is 9.90. The maximum atomic E-state index is 11.9. The second kappa shape index (κ2) is 4.25. The van der Waals surface area contributed by atoms with Crippen molar-refractivity contribution in [1.82, 2.24) is 14.7 Å². The molecule has 1 amide bonds. The summed E-state index contributed by atoms with van der Waals surface area (Å²) in [6.45, 7) is 4.68. The largest absolute Gasteiger partial charge is 0.340 e. The van der Waals surface area contributed by atoms with Gasteiger partial charge >= 0.3 is 0 Å². The highest BCUT2D eigenvalue weighted by Gasteiger charge is 2.34. The Balaban J connectivity index is 1.92. The number of nitrogens with two attached hydrogens (primary N) is 1. The molecule has 0 aromatic carbocycles. The summed E-state index contributed by atoms with van der Waals surface area (Å²) in [5.74, 6) is 0.126. The molecule has 1 aromatic rings. The lowest BCUT2D eigenvalue weighted by molar-refractivity contribution is -0.131. The molecule has 1 unspecified atom stereocenters. The molecule has 1 saturated heterocycles. The number of rotatable bonds is 3. The van der Waals surface area contributed by atoms with E-state index in [9.17, 15) is 4.79 Å². The van der Waals surface area contributed by atoms with E-state index in [-0.39, 0.29) is 11.3 Å². The van der Waals surface area contributed by atoms with Gasteiger partial charge < -0.3 is 10.6 Å². The van der Waals surface area contributed by atoms with Crippen LogP contribution in [-0.2, 0) is 11.3 Å². The van der Waals surface area contributed by atoms with E-state index in [0.29, 0.717) is 13.1 Å². The highest BCUT2D eigenvalue weighted by Crippen LogP contribution is 2.28. The van der Waals surface area contributed by atoms with E-state index < -0.39 is 0 Å². The Hall–Kier alpha value is -1.36. The van der Waals surface area contributed by atoms with E-state index >= 15 is 0 Å². The Morgan fingerprint density at radius 3 is 3.00 bits per heavy atom. The van der Waals surface area contributed by atoms with Gasteiger partial charge in [0.25, 0.3) is 0 Å². The van der Waals surface area contributed by atoms with Gasteiger partial charge in [0.05, 0.1) is 0 Å². The smallest absolute Gasteiger partial charge is 0.244 e. The van der Waals surface area contributed by atoms with Gasteiger partial charge in [0.1, 0.15) is 6.54 Å². The molecule has 5 heteroatoms. The number of carbonyl (C=O) groups excluding carboxylic acids is 1. The minimum Gasteiger partial charge on any atom is -0.340 e. The molecule has 0 bridgehead atoms. The fraction of sp³-hybridized carbons (Fsp3) is 0.636. The zero-order chi connectivity index (χ0) is 11.6. The van der Waals surface area contributed by atoms with Crippen molar-refractivity contribution in [2.45, 2.75) is 19.9 Å². The van der Waals surface area contributed by atoms with E-state index in [1.165, 1.54) is 0 Å². The number of hydrogen-bond acceptors (Lipinski definition) is 3. The molecule has 0 aliphatic carbocycles. The molecule has 0 spiro atoms. The van der Waals surface area contributed by atoms with Crippen LogP contribution in [-0.4, -0.2) is 40.2 Å². The van der Waals surface area contributed by atoms with Crippen molar-refractivity contribution in [1.29, 1.82) is 0 Å². The molecule has 1 fully saturated rings. The van der Waals surface area contributed by atoms with Gasteiger partial charge in [-0.05, 0) is 24.4 Å².